The van der Waals surface area contributed by atoms with Gasteiger partial charge in [0.25, 0.3) is 0 Å². The molecule has 0 saturated heterocycles. The predicted octanol–water partition coefficient (Wildman–Crippen LogP) is 10.9. The van der Waals surface area contributed by atoms with Crippen LogP contribution in [0.15, 0.2) is 152 Å². The Morgan fingerprint density at radius 2 is 1.07 bits per heavy atom. The smallest absolute Gasteiger partial charge is 0.163 e. The first-order chi connectivity index (χ1) is 21.8. The Labute approximate surface area is 258 Å². The number of para-hydroxylation sites is 2. The number of hydrogen-bond donors (Lipinski definition) is 0. The summed E-state index contributed by atoms with van der Waals surface area (Å²) < 4.78 is 4.76. The standard InChI is InChI=1S/C40H25N3S/c1-2-12-26(13-3-1)27-14-10-15-28(24-27)34-25-38(43-35-21-7-4-16-29(35)30-17-5-8-22-36(30)43)42-40(41-34)33-20-11-19-32-31-18-6-9-23-37(31)44-39(32)33/h1-25H. The van der Waals surface area contributed by atoms with E-state index in [2.05, 4.69) is 156 Å². The molecule has 3 nitrogen and oxygen atoms in total. The van der Waals surface area contributed by atoms with Crippen molar-refractivity contribution in [1.82, 2.24) is 14.5 Å². The third kappa shape index (κ3) is 3.96. The minimum atomic E-state index is 0.724. The summed E-state index contributed by atoms with van der Waals surface area (Å²) in [6, 6.07) is 53.6. The van der Waals surface area contributed by atoms with Crippen LogP contribution < -0.4 is 0 Å². The Balaban J connectivity index is 1.34. The van der Waals surface area contributed by atoms with Crippen LogP contribution in [0.25, 0.3) is 81.6 Å². The Bertz CT molecular complexity index is 2450. The predicted molar refractivity (Wildman–Crippen MR) is 186 cm³/mol. The summed E-state index contributed by atoms with van der Waals surface area (Å²) in [4.78, 5) is 10.6. The molecule has 206 valence electrons. The van der Waals surface area contributed by atoms with Gasteiger partial charge in [-0.15, -0.1) is 11.3 Å². The highest BCUT2D eigenvalue weighted by molar-refractivity contribution is 7.26. The van der Waals surface area contributed by atoms with Gasteiger partial charge in [0, 0.05) is 48.1 Å². The molecule has 0 radical (unpaired) electrons. The minimum absolute atomic E-state index is 0.724. The van der Waals surface area contributed by atoms with E-state index in [1.54, 1.807) is 11.3 Å². The van der Waals surface area contributed by atoms with Crippen molar-refractivity contribution in [3.63, 3.8) is 0 Å². The molecule has 3 aromatic heterocycles. The van der Waals surface area contributed by atoms with Crippen LogP contribution in [0.3, 0.4) is 0 Å². The second-order valence-corrected chi connectivity index (χ2v) is 12.1. The summed E-state index contributed by atoms with van der Waals surface area (Å²) in [5.74, 6) is 1.58. The van der Waals surface area contributed by atoms with Crippen LogP contribution in [-0.2, 0) is 0 Å². The topological polar surface area (TPSA) is 30.7 Å². The Morgan fingerprint density at radius 1 is 0.455 bits per heavy atom. The zero-order valence-electron chi connectivity index (χ0n) is 23.7. The first-order valence-corrected chi connectivity index (χ1v) is 15.6. The van der Waals surface area contributed by atoms with Crippen molar-refractivity contribution >= 4 is 53.3 Å². The number of rotatable bonds is 4. The Morgan fingerprint density at radius 3 is 1.86 bits per heavy atom. The molecule has 44 heavy (non-hydrogen) atoms. The van der Waals surface area contributed by atoms with Crippen molar-refractivity contribution in [1.29, 1.82) is 0 Å². The maximum Gasteiger partial charge on any atom is 0.163 e. The van der Waals surface area contributed by atoms with Crippen molar-refractivity contribution in [2.75, 3.05) is 0 Å². The monoisotopic (exact) mass is 579 g/mol. The van der Waals surface area contributed by atoms with Crippen LogP contribution in [0.2, 0.25) is 0 Å². The average Bonchev–Trinajstić information content (AvgIpc) is 3.65. The van der Waals surface area contributed by atoms with Crippen molar-refractivity contribution in [3.8, 4) is 39.6 Å². The van der Waals surface area contributed by atoms with E-state index in [0.717, 1.165) is 45.1 Å². The maximum atomic E-state index is 5.33. The molecule has 0 N–H and O–H groups in total. The van der Waals surface area contributed by atoms with E-state index < -0.39 is 0 Å². The average molecular weight is 580 g/mol. The zero-order chi connectivity index (χ0) is 29.0. The first kappa shape index (κ1) is 25.0. The molecule has 4 heteroatoms. The molecule has 0 unspecified atom stereocenters. The number of benzene rings is 6. The van der Waals surface area contributed by atoms with Crippen LogP contribution in [0.4, 0.5) is 0 Å². The number of thiophene rings is 1. The van der Waals surface area contributed by atoms with Crippen molar-refractivity contribution in [2.24, 2.45) is 0 Å². The SMILES string of the molecule is c1ccc(-c2cccc(-c3cc(-n4c5ccccc5c5ccccc54)nc(-c4cccc5c4sc4ccccc45)n3)c2)cc1. The molecule has 9 aromatic rings. The summed E-state index contributed by atoms with van der Waals surface area (Å²) >= 11 is 1.81. The summed E-state index contributed by atoms with van der Waals surface area (Å²) in [7, 11) is 0. The highest BCUT2D eigenvalue weighted by Crippen LogP contribution is 2.40. The van der Waals surface area contributed by atoms with Crippen LogP contribution in [0, 0.1) is 0 Å². The number of aromatic nitrogens is 3. The molecule has 0 atom stereocenters. The molecule has 6 aromatic carbocycles. The van der Waals surface area contributed by atoms with Gasteiger partial charge in [0.15, 0.2) is 5.82 Å². The molecule has 9 rings (SSSR count). The van der Waals surface area contributed by atoms with Gasteiger partial charge in [-0.05, 0) is 41.5 Å². The fourth-order valence-corrected chi connectivity index (χ4v) is 7.61. The second-order valence-electron chi connectivity index (χ2n) is 11.0. The molecule has 0 aliphatic heterocycles. The fourth-order valence-electron chi connectivity index (χ4n) is 6.40. The van der Waals surface area contributed by atoms with Gasteiger partial charge in [0.1, 0.15) is 5.82 Å². The number of fused-ring (bicyclic) bond motifs is 6. The molecular weight excluding hydrogens is 555 g/mol. The first-order valence-electron chi connectivity index (χ1n) is 14.8. The van der Waals surface area contributed by atoms with Crippen LogP contribution in [0.5, 0.6) is 0 Å². The summed E-state index contributed by atoms with van der Waals surface area (Å²) in [5, 5.41) is 4.93. The fraction of sp³-hybridized carbons (Fsp3) is 0. The molecule has 0 fully saturated rings. The molecular formula is C40H25N3S. The van der Waals surface area contributed by atoms with Gasteiger partial charge in [-0.3, -0.25) is 4.57 Å². The number of nitrogens with zero attached hydrogens (tertiary/aromatic N) is 3. The zero-order valence-corrected chi connectivity index (χ0v) is 24.5. The molecule has 0 amide bonds. The van der Waals surface area contributed by atoms with Gasteiger partial charge in [-0.25, -0.2) is 9.97 Å². The lowest BCUT2D eigenvalue weighted by molar-refractivity contribution is 1.05. The minimum Gasteiger partial charge on any atom is -0.294 e. The number of hydrogen-bond acceptors (Lipinski definition) is 3. The van der Waals surface area contributed by atoms with Gasteiger partial charge in [-0.1, -0.05) is 115 Å². The molecule has 0 spiro atoms. The van der Waals surface area contributed by atoms with E-state index in [0.29, 0.717) is 0 Å². The van der Waals surface area contributed by atoms with E-state index in [-0.39, 0.29) is 0 Å². The normalized spacial score (nSPS) is 11.6. The largest absolute Gasteiger partial charge is 0.294 e. The lowest BCUT2D eigenvalue weighted by Gasteiger charge is -2.13. The van der Waals surface area contributed by atoms with Gasteiger partial charge >= 0.3 is 0 Å². The highest BCUT2D eigenvalue weighted by atomic mass is 32.1. The highest BCUT2D eigenvalue weighted by Gasteiger charge is 2.18. The Kier molecular flexibility index (Phi) is 5.68. The third-order valence-electron chi connectivity index (χ3n) is 8.43. The maximum absolute atomic E-state index is 5.33. The van der Waals surface area contributed by atoms with E-state index in [4.69, 9.17) is 9.97 Å². The lowest BCUT2D eigenvalue weighted by Crippen LogP contribution is -2.02. The van der Waals surface area contributed by atoms with Crippen LogP contribution >= 0.6 is 11.3 Å². The van der Waals surface area contributed by atoms with Gasteiger partial charge in [-0.2, -0.15) is 0 Å². The molecule has 0 bridgehead atoms. The van der Waals surface area contributed by atoms with Crippen molar-refractivity contribution in [3.05, 3.63) is 152 Å². The van der Waals surface area contributed by atoms with Gasteiger partial charge < -0.3 is 0 Å². The van der Waals surface area contributed by atoms with E-state index in [1.807, 2.05) is 0 Å². The second kappa shape index (κ2) is 10.0. The summed E-state index contributed by atoms with van der Waals surface area (Å²) in [5.41, 5.74) is 7.59. The van der Waals surface area contributed by atoms with Gasteiger partial charge in [0.2, 0.25) is 0 Å². The van der Waals surface area contributed by atoms with Crippen molar-refractivity contribution < 1.29 is 0 Å². The Hall–Kier alpha value is -5.58. The third-order valence-corrected chi connectivity index (χ3v) is 9.65. The van der Waals surface area contributed by atoms with Crippen LogP contribution in [-0.4, -0.2) is 14.5 Å². The quantitative estimate of drug-likeness (QED) is 0.208. The van der Waals surface area contributed by atoms with Crippen LogP contribution in [0.1, 0.15) is 0 Å². The molecule has 0 saturated carbocycles. The van der Waals surface area contributed by atoms with E-state index >= 15 is 0 Å². The van der Waals surface area contributed by atoms with Gasteiger partial charge in [0.05, 0.1) is 16.7 Å². The van der Waals surface area contributed by atoms with E-state index in [1.165, 1.54) is 36.5 Å². The molecule has 0 aliphatic carbocycles. The van der Waals surface area contributed by atoms with Crippen molar-refractivity contribution in [2.45, 2.75) is 0 Å². The van der Waals surface area contributed by atoms with E-state index in [9.17, 15) is 0 Å². The summed E-state index contributed by atoms with van der Waals surface area (Å²) in [6.07, 6.45) is 0. The molecule has 3 heterocycles. The molecule has 0 aliphatic rings. The summed E-state index contributed by atoms with van der Waals surface area (Å²) in [6.45, 7) is 0. The lowest BCUT2D eigenvalue weighted by atomic mass is 10.0.